The minimum absolute atomic E-state index is 0.0845. The van der Waals surface area contributed by atoms with Crippen molar-refractivity contribution < 1.29 is 4.39 Å². The molecule has 0 aliphatic carbocycles. The average Bonchev–Trinajstić information content (AvgIpc) is 2.52. The van der Waals surface area contributed by atoms with Crippen LogP contribution < -0.4 is 5.32 Å². The Morgan fingerprint density at radius 1 is 1.33 bits per heavy atom. The molecule has 0 spiro atoms. The summed E-state index contributed by atoms with van der Waals surface area (Å²) in [6.07, 6.45) is 6.47. The van der Waals surface area contributed by atoms with Crippen molar-refractivity contribution in [2.24, 2.45) is 0 Å². The number of piperazine rings is 1. The lowest BCUT2D eigenvalue weighted by Crippen LogP contribution is -2.45. The molecule has 116 valence electrons. The summed E-state index contributed by atoms with van der Waals surface area (Å²) in [4.78, 5) is 2.51. The van der Waals surface area contributed by atoms with Gasteiger partial charge >= 0.3 is 0 Å². The minimum Gasteiger partial charge on any atom is -0.314 e. The van der Waals surface area contributed by atoms with Crippen LogP contribution in [0.4, 0.5) is 4.39 Å². The molecule has 2 rings (SSSR count). The molecule has 0 unspecified atom stereocenters. The molecule has 0 aromatic heterocycles. The van der Waals surface area contributed by atoms with Gasteiger partial charge in [0.1, 0.15) is 5.82 Å². The molecule has 0 radical (unpaired) electrons. The lowest BCUT2D eigenvalue weighted by Gasteiger charge is -2.36. The maximum absolute atomic E-state index is 13.9. The fraction of sp³-hybridized carbons (Fsp3) is 0.556. The van der Waals surface area contributed by atoms with Crippen LogP contribution in [-0.4, -0.2) is 31.1 Å². The van der Waals surface area contributed by atoms with Crippen molar-refractivity contribution in [3.8, 4) is 0 Å². The molecule has 1 aliphatic heterocycles. The number of nitrogens with one attached hydrogen (secondary N) is 1. The number of rotatable bonds is 7. The van der Waals surface area contributed by atoms with Crippen LogP contribution in [0.1, 0.15) is 42.9 Å². The summed E-state index contributed by atoms with van der Waals surface area (Å²) >= 11 is 0. The summed E-state index contributed by atoms with van der Waals surface area (Å²) in [6, 6.07) is 5.84. The van der Waals surface area contributed by atoms with E-state index in [9.17, 15) is 4.39 Å². The highest BCUT2D eigenvalue weighted by molar-refractivity contribution is 5.30. The summed E-state index contributed by atoms with van der Waals surface area (Å²) in [7, 11) is 0. The van der Waals surface area contributed by atoms with Gasteiger partial charge in [-0.15, -0.1) is 6.58 Å². The Bertz CT molecular complexity index is 453. The Labute approximate surface area is 128 Å². The van der Waals surface area contributed by atoms with Crippen LogP contribution in [0.5, 0.6) is 0 Å². The van der Waals surface area contributed by atoms with Crippen LogP contribution in [0.15, 0.2) is 30.9 Å². The largest absolute Gasteiger partial charge is 0.314 e. The molecular formula is C18H27FN2. The van der Waals surface area contributed by atoms with Gasteiger partial charge in [0, 0.05) is 32.2 Å². The number of nitrogens with zero attached hydrogens (tertiary/aromatic N) is 1. The van der Waals surface area contributed by atoms with Crippen molar-refractivity contribution in [2.75, 3.05) is 26.2 Å². The minimum atomic E-state index is -0.0845. The molecule has 3 heteroatoms. The summed E-state index contributed by atoms with van der Waals surface area (Å²) in [5.74, 6) is -0.0845. The first-order chi connectivity index (χ1) is 10.2. The van der Waals surface area contributed by atoms with Crippen LogP contribution in [0.25, 0.3) is 0 Å². The van der Waals surface area contributed by atoms with E-state index in [1.54, 1.807) is 6.07 Å². The van der Waals surface area contributed by atoms with E-state index >= 15 is 0 Å². The van der Waals surface area contributed by atoms with Crippen LogP contribution in [0.3, 0.4) is 0 Å². The van der Waals surface area contributed by atoms with Gasteiger partial charge in [-0.25, -0.2) is 4.39 Å². The maximum atomic E-state index is 13.9. The Hall–Kier alpha value is -1.19. The van der Waals surface area contributed by atoms with E-state index in [0.717, 1.165) is 56.6 Å². The van der Waals surface area contributed by atoms with Gasteiger partial charge in [-0.05, 0) is 43.4 Å². The summed E-state index contributed by atoms with van der Waals surface area (Å²) in [5, 5.41) is 3.39. The summed E-state index contributed by atoms with van der Waals surface area (Å²) in [5.41, 5.74) is 1.97. The normalized spacial score (nSPS) is 17.6. The van der Waals surface area contributed by atoms with Crippen molar-refractivity contribution in [2.45, 2.75) is 38.6 Å². The highest BCUT2D eigenvalue weighted by Gasteiger charge is 2.23. The third-order valence-electron chi connectivity index (χ3n) is 4.40. The third-order valence-corrected chi connectivity index (χ3v) is 4.40. The second-order valence-electron chi connectivity index (χ2n) is 5.83. The van der Waals surface area contributed by atoms with Crippen LogP contribution in [0.2, 0.25) is 0 Å². The lowest BCUT2D eigenvalue weighted by molar-refractivity contribution is 0.162. The van der Waals surface area contributed by atoms with Gasteiger partial charge in [0.05, 0.1) is 0 Å². The number of unbranched alkanes of at least 4 members (excludes halogenated alkanes) is 2. The van der Waals surface area contributed by atoms with Crippen molar-refractivity contribution in [3.63, 3.8) is 0 Å². The molecule has 1 heterocycles. The second-order valence-corrected chi connectivity index (χ2v) is 5.83. The first-order valence-corrected chi connectivity index (χ1v) is 8.04. The highest BCUT2D eigenvalue weighted by Crippen LogP contribution is 2.30. The number of halogens is 1. The van der Waals surface area contributed by atoms with Crippen LogP contribution in [0, 0.1) is 12.7 Å². The van der Waals surface area contributed by atoms with Gasteiger partial charge in [0.2, 0.25) is 0 Å². The van der Waals surface area contributed by atoms with E-state index in [0.29, 0.717) is 6.04 Å². The molecule has 2 nitrogen and oxygen atoms in total. The highest BCUT2D eigenvalue weighted by atomic mass is 19.1. The smallest absolute Gasteiger partial charge is 0.126 e. The van der Waals surface area contributed by atoms with E-state index in [1.807, 2.05) is 19.1 Å². The summed E-state index contributed by atoms with van der Waals surface area (Å²) in [6.45, 7) is 9.83. The Morgan fingerprint density at radius 2 is 2.10 bits per heavy atom. The van der Waals surface area contributed by atoms with Crippen LogP contribution >= 0.6 is 0 Å². The number of allylic oxidation sites excluding steroid dienone is 1. The molecule has 0 saturated carbocycles. The molecule has 1 fully saturated rings. The SMILES string of the molecule is C=CCCCC[C@@H](c1cccc(F)c1C)N1CCNCC1. The molecule has 1 aromatic carbocycles. The Kier molecular flexibility index (Phi) is 6.40. The Morgan fingerprint density at radius 3 is 2.81 bits per heavy atom. The van der Waals surface area contributed by atoms with Gasteiger partial charge in [-0.2, -0.15) is 0 Å². The van der Waals surface area contributed by atoms with E-state index in [2.05, 4.69) is 22.9 Å². The van der Waals surface area contributed by atoms with Crippen molar-refractivity contribution in [1.82, 2.24) is 10.2 Å². The topological polar surface area (TPSA) is 15.3 Å². The zero-order chi connectivity index (χ0) is 15.1. The van der Waals surface area contributed by atoms with E-state index in [1.165, 1.54) is 6.42 Å². The van der Waals surface area contributed by atoms with E-state index in [4.69, 9.17) is 0 Å². The summed E-state index contributed by atoms with van der Waals surface area (Å²) < 4.78 is 13.9. The van der Waals surface area contributed by atoms with Crippen LogP contribution in [-0.2, 0) is 0 Å². The first-order valence-electron chi connectivity index (χ1n) is 8.04. The first kappa shape index (κ1) is 16.2. The number of hydrogen-bond acceptors (Lipinski definition) is 2. The molecule has 1 atom stereocenters. The molecule has 1 saturated heterocycles. The standard InChI is InChI=1S/C18H27FN2/c1-3-4-5-6-10-18(21-13-11-20-12-14-21)16-8-7-9-17(19)15(16)2/h3,7-9,18,20H,1,4-6,10-14H2,2H3/t18-/m0/s1. The number of benzene rings is 1. The average molecular weight is 290 g/mol. The second kappa shape index (κ2) is 8.30. The van der Waals surface area contributed by atoms with E-state index in [-0.39, 0.29) is 5.82 Å². The molecule has 21 heavy (non-hydrogen) atoms. The fourth-order valence-corrected chi connectivity index (χ4v) is 3.14. The van der Waals surface area contributed by atoms with E-state index < -0.39 is 0 Å². The fourth-order valence-electron chi connectivity index (χ4n) is 3.14. The monoisotopic (exact) mass is 290 g/mol. The predicted molar refractivity (Wildman–Crippen MR) is 87.0 cm³/mol. The van der Waals surface area contributed by atoms with Gasteiger partial charge in [0.15, 0.2) is 0 Å². The molecule has 0 bridgehead atoms. The molecule has 1 N–H and O–H groups in total. The zero-order valence-corrected chi connectivity index (χ0v) is 13.1. The van der Waals surface area contributed by atoms with Crippen molar-refractivity contribution in [3.05, 3.63) is 47.8 Å². The molecular weight excluding hydrogens is 263 g/mol. The molecule has 1 aromatic rings. The molecule has 1 aliphatic rings. The van der Waals surface area contributed by atoms with Gasteiger partial charge in [0.25, 0.3) is 0 Å². The zero-order valence-electron chi connectivity index (χ0n) is 13.1. The Balaban J connectivity index is 2.13. The van der Waals surface area contributed by atoms with Gasteiger partial charge < -0.3 is 5.32 Å². The quantitative estimate of drug-likeness (QED) is 0.606. The van der Waals surface area contributed by atoms with Gasteiger partial charge in [-0.1, -0.05) is 24.6 Å². The predicted octanol–water partition coefficient (Wildman–Crippen LogP) is 3.83. The third kappa shape index (κ3) is 4.39. The molecule has 0 amide bonds. The van der Waals surface area contributed by atoms with Crippen molar-refractivity contribution in [1.29, 1.82) is 0 Å². The lowest BCUT2D eigenvalue weighted by atomic mass is 9.94. The maximum Gasteiger partial charge on any atom is 0.126 e. The van der Waals surface area contributed by atoms with Gasteiger partial charge in [-0.3, -0.25) is 4.90 Å². The number of hydrogen-bond donors (Lipinski definition) is 1. The van der Waals surface area contributed by atoms with Crippen molar-refractivity contribution >= 4 is 0 Å².